The van der Waals surface area contributed by atoms with Gasteiger partial charge in [0.1, 0.15) is 18.0 Å². The van der Waals surface area contributed by atoms with Gasteiger partial charge in [-0.15, -0.1) is 0 Å². The molecule has 1 saturated heterocycles. The number of esters is 1. The van der Waals surface area contributed by atoms with Gasteiger partial charge in [-0.1, -0.05) is 38.2 Å². The Hall–Kier alpha value is -2.58. The molecule has 2 rings (SSSR count). The van der Waals surface area contributed by atoms with Crippen LogP contribution >= 0.6 is 0 Å². The standard InChI is InChI=1S/C28H41NO7/c1-18-14-15-19(2)28(36-26(33)13-8-6-5-7-12-23(35-4)27(18)34)20(3)22(30)11-9-10-21-16-24(31)29-25(32)17-21/h7-8,12-13,15,18,20-21,23,27-28,34H,5-6,9-11,14,16-17H2,1-4H3,(H,29,31,32)/b12-7+,13-8+,19-15-/t18-,20?,23+,27+,28?/m1/s1. The summed E-state index contributed by atoms with van der Waals surface area (Å²) in [7, 11) is 1.57. The van der Waals surface area contributed by atoms with Crippen LogP contribution < -0.4 is 5.32 Å². The highest BCUT2D eigenvalue weighted by atomic mass is 16.5. The molecular formula is C28H41NO7. The highest BCUT2D eigenvalue weighted by Crippen LogP contribution is 2.25. The quantitative estimate of drug-likeness (QED) is 0.310. The topological polar surface area (TPSA) is 119 Å². The first-order chi connectivity index (χ1) is 17.1. The molecular weight excluding hydrogens is 462 g/mol. The number of ketones is 1. The summed E-state index contributed by atoms with van der Waals surface area (Å²) >= 11 is 0. The molecule has 0 aliphatic carbocycles. The van der Waals surface area contributed by atoms with Crippen molar-refractivity contribution < 1.29 is 33.8 Å². The Morgan fingerprint density at radius 2 is 1.86 bits per heavy atom. The number of carbonyl (C=O) groups is 4. The Balaban J connectivity index is 2.09. The molecule has 8 nitrogen and oxygen atoms in total. The molecule has 0 spiro atoms. The average Bonchev–Trinajstić information content (AvgIpc) is 2.83. The van der Waals surface area contributed by atoms with Crippen molar-refractivity contribution in [2.24, 2.45) is 17.8 Å². The van der Waals surface area contributed by atoms with Gasteiger partial charge in [0.2, 0.25) is 11.8 Å². The molecule has 0 aromatic carbocycles. The predicted molar refractivity (Wildman–Crippen MR) is 136 cm³/mol. The molecule has 2 N–H and O–H groups in total. The maximum absolute atomic E-state index is 13.0. The van der Waals surface area contributed by atoms with E-state index in [0.717, 1.165) is 5.57 Å². The summed E-state index contributed by atoms with van der Waals surface area (Å²) in [5, 5.41) is 13.0. The van der Waals surface area contributed by atoms with E-state index in [2.05, 4.69) is 5.32 Å². The van der Waals surface area contributed by atoms with Crippen molar-refractivity contribution >= 4 is 23.6 Å². The van der Waals surface area contributed by atoms with Gasteiger partial charge < -0.3 is 14.6 Å². The van der Waals surface area contributed by atoms with Gasteiger partial charge in [-0.2, -0.15) is 0 Å². The van der Waals surface area contributed by atoms with Crippen molar-refractivity contribution in [2.75, 3.05) is 7.11 Å². The molecule has 0 aromatic heterocycles. The van der Waals surface area contributed by atoms with Crippen LogP contribution in [0.3, 0.4) is 0 Å². The van der Waals surface area contributed by atoms with Gasteiger partial charge in [0.25, 0.3) is 0 Å². The van der Waals surface area contributed by atoms with Crippen molar-refractivity contribution in [3.05, 3.63) is 36.0 Å². The first-order valence-electron chi connectivity index (χ1n) is 12.9. The lowest BCUT2D eigenvalue weighted by molar-refractivity contribution is -0.145. The van der Waals surface area contributed by atoms with Crippen molar-refractivity contribution in [3.63, 3.8) is 0 Å². The molecule has 0 aromatic rings. The fraction of sp³-hybridized carbons (Fsp3) is 0.643. The molecule has 0 saturated carbocycles. The molecule has 2 aliphatic heterocycles. The second kappa shape index (κ2) is 14.9. The smallest absolute Gasteiger partial charge is 0.331 e. The number of rotatable bonds is 7. The van der Waals surface area contributed by atoms with E-state index >= 15 is 0 Å². The molecule has 0 bridgehead atoms. The van der Waals surface area contributed by atoms with Crippen molar-refractivity contribution in [1.82, 2.24) is 5.32 Å². The largest absolute Gasteiger partial charge is 0.454 e. The Bertz CT molecular complexity index is 859. The lowest BCUT2D eigenvalue weighted by Crippen LogP contribution is -2.38. The minimum Gasteiger partial charge on any atom is -0.454 e. The number of cyclic esters (lactones) is 1. The molecule has 5 atom stereocenters. The zero-order valence-electron chi connectivity index (χ0n) is 21.9. The Labute approximate surface area is 214 Å². The van der Waals surface area contributed by atoms with Gasteiger partial charge >= 0.3 is 5.97 Å². The van der Waals surface area contributed by atoms with Crippen LogP contribution in [0, 0.1) is 17.8 Å². The van der Waals surface area contributed by atoms with E-state index in [1.54, 1.807) is 20.1 Å². The number of hydrogen-bond donors (Lipinski definition) is 2. The van der Waals surface area contributed by atoms with Crippen LogP contribution in [0.5, 0.6) is 0 Å². The molecule has 2 unspecified atom stereocenters. The zero-order valence-corrected chi connectivity index (χ0v) is 21.9. The Morgan fingerprint density at radius 3 is 2.53 bits per heavy atom. The van der Waals surface area contributed by atoms with Crippen LogP contribution in [-0.2, 0) is 28.7 Å². The maximum atomic E-state index is 13.0. The summed E-state index contributed by atoms with van der Waals surface area (Å²) < 4.78 is 11.2. The minimum atomic E-state index is -0.720. The molecule has 200 valence electrons. The van der Waals surface area contributed by atoms with Crippen LogP contribution in [-0.4, -0.2) is 54.1 Å². The van der Waals surface area contributed by atoms with Crippen molar-refractivity contribution in [2.45, 2.75) is 90.4 Å². The molecule has 8 heteroatoms. The average molecular weight is 504 g/mol. The maximum Gasteiger partial charge on any atom is 0.331 e. The van der Waals surface area contributed by atoms with Crippen molar-refractivity contribution in [3.8, 4) is 0 Å². The van der Waals surface area contributed by atoms with Crippen LogP contribution in [0.15, 0.2) is 36.0 Å². The van der Waals surface area contributed by atoms with Gasteiger partial charge in [0.05, 0.1) is 12.0 Å². The van der Waals surface area contributed by atoms with E-state index in [0.29, 0.717) is 44.9 Å². The van der Waals surface area contributed by atoms with E-state index < -0.39 is 30.2 Å². The number of allylic oxidation sites excluding steroid dienone is 3. The summed E-state index contributed by atoms with van der Waals surface area (Å²) in [5.41, 5.74) is 0.755. The number of piperidine rings is 1. The van der Waals surface area contributed by atoms with Crippen molar-refractivity contribution in [1.29, 1.82) is 0 Å². The molecule has 0 radical (unpaired) electrons. The molecule has 2 aliphatic rings. The first-order valence-corrected chi connectivity index (χ1v) is 12.9. The molecule has 36 heavy (non-hydrogen) atoms. The lowest BCUT2D eigenvalue weighted by atomic mass is 9.87. The highest BCUT2D eigenvalue weighted by molar-refractivity contribution is 5.97. The monoisotopic (exact) mass is 503 g/mol. The molecule has 1 fully saturated rings. The number of aliphatic hydroxyl groups is 1. The van der Waals surface area contributed by atoms with E-state index in [4.69, 9.17) is 9.47 Å². The number of Topliss-reactive ketones (excluding diaryl/α,β-unsaturated/α-hetero) is 1. The predicted octanol–water partition coefficient (Wildman–Crippen LogP) is 3.58. The van der Waals surface area contributed by atoms with Gasteiger partial charge in [-0.25, -0.2) is 4.79 Å². The fourth-order valence-electron chi connectivity index (χ4n) is 4.66. The normalized spacial score (nSPS) is 31.1. The SMILES string of the molecule is CO[C@H]1/C=C/CC/C=C/C(=O)OC(C(C)C(=O)CCCC2CC(=O)NC(=O)C2)/C(C)=C\C[C@@H](C)[C@@H]1O. The second-order valence-corrected chi connectivity index (χ2v) is 10.0. The van der Waals surface area contributed by atoms with Gasteiger partial charge in [-0.3, -0.25) is 19.7 Å². The summed E-state index contributed by atoms with van der Waals surface area (Å²) in [5.74, 6) is -1.78. The van der Waals surface area contributed by atoms with Gasteiger partial charge in [0.15, 0.2) is 0 Å². The van der Waals surface area contributed by atoms with E-state index in [1.807, 2.05) is 32.1 Å². The Morgan fingerprint density at radius 1 is 1.19 bits per heavy atom. The number of imide groups is 1. The fourth-order valence-corrected chi connectivity index (χ4v) is 4.66. The third-order valence-corrected chi connectivity index (χ3v) is 7.00. The highest BCUT2D eigenvalue weighted by Gasteiger charge is 2.30. The lowest BCUT2D eigenvalue weighted by Gasteiger charge is -2.26. The zero-order chi connectivity index (χ0) is 26.7. The van der Waals surface area contributed by atoms with Gasteiger partial charge in [-0.05, 0) is 56.4 Å². The number of carbonyl (C=O) groups excluding carboxylic acids is 4. The van der Waals surface area contributed by atoms with Crippen LogP contribution in [0.25, 0.3) is 0 Å². The first kappa shape index (κ1) is 29.6. The summed E-state index contributed by atoms with van der Waals surface area (Å²) in [6, 6.07) is 0. The van der Waals surface area contributed by atoms with Crippen LogP contribution in [0.1, 0.15) is 72.1 Å². The summed E-state index contributed by atoms with van der Waals surface area (Å²) in [6.07, 6.45) is 10.9. The van der Waals surface area contributed by atoms with Crippen LogP contribution in [0.2, 0.25) is 0 Å². The number of hydrogen-bond acceptors (Lipinski definition) is 7. The number of methoxy groups -OCH3 is 1. The Kier molecular flexibility index (Phi) is 12.2. The number of amides is 2. The third kappa shape index (κ3) is 9.47. The van der Waals surface area contributed by atoms with Crippen LogP contribution in [0.4, 0.5) is 0 Å². The van der Waals surface area contributed by atoms with Gasteiger partial charge in [0, 0.05) is 32.4 Å². The second-order valence-electron chi connectivity index (χ2n) is 10.0. The molecule has 2 amide bonds. The van der Waals surface area contributed by atoms with E-state index in [1.165, 1.54) is 6.08 Å². The summed E-state index contributed by atoms with van der Waals surface area (Å²) in [4.78, 5) is 48.7. The number of aliphatic hydroxyl groups excluding tert-OH is 1. The number of nitrogens with one attached hydrogen (secondary N) is 1. The third-order valence-electron chi connectivity index (χ3n) is 7.00. The number of ether oxygens (including phenoxy) is 2. The van der Waals surface area contributed by atoms with E-state index in [9.17, 15) is 24.3 Å². The minimum absolute atomic E-state index is 0.0363. The molecule has 2 heterocycles. The summed E-state index contributed by atoms with van der Waals surface area (Å²) in [6.45, 7) is 5.53. The van der Waals surface area contributed by atoms with E-state index in [-0.39, 0.29) is 35.9 Å².